The van der Waals surface area contributed by atoms with E-state index in [0.29, 0.717) is 0 Å². The van der Waals surface area contributed by atoms with Crippen molar-refractivity contribution in [3.63, 3.8) is 0 Å². The Morgan fingerprint density at radius 1 is 1.25 bits per heavy atom. The second-order valence-corrected chi connectivity index (χ2v) is 5.55. The van der Waals surface area contributed by atoms with Crippen LogP contribution in [-0.4, -0.2) is 42.8 Å². The summed E-state index contributed by atoms with van der Waals surface area (Å²) in [7, 11) is 1.05. The van der Waals surface area contributed by atoms with Crippen LogP contribution in [0.15, 0.2) is 46.9 Å². The molecule has 24 heavy (non-hydrogen) atoms. The first-order chi connectivity index (χ1) is 11.4. The summed E-state index contributed by atoms with van der Waals surface area (Å²) in [6.07, 6.45) is 0.00419. The van der Waals surface area contributed by atoms with Gasteiger partial charge in [-0.2, -0.15) is 0 Å². The van der Waals surface area contributed by atoms with E-state index >= 15 is 0 Å². The van der Waals surface area contributed by atoms with Crippen molar-refractivity contribution in [3.8, 4) is 0 Å². The molecule has 0 bridgehead atoms. The molecule has 6 nitrogen and oxygen atoms in total. The number of carbonyl (C=O) groups excluding carboxylic acids is 2. The van der Waals surface area contributed by atoms with Crippen LogP contribution in [0.4, 0.5) is 13.6 Å². The first-order valence-electron chi connectivity index (χ1n) is 7.34. The number of amides is 3. The molecule has 1 aromatic rings. The molecule has 0 unspecified atom stereocenters. The fraction of sp³-hybridized carbons (Fsp3) is 0.375. The van der Waals surface area contributed by atoms with Gasteiger partial charge in [-0.05, 0) is 18.1 Å². The molecule has 0 aliphatic carbocycles. The molecule has 0 N–H and O–H groups in total. The van der Waals surface area contributed by atoms with Gasteiger partial charge in [0.1, 0.15) is 0 Å². The largest absolute Gasteiger partial charge is 0.494 e. The average Bonchev–Trinajstić information content (AvgIpc) is 2.54. The number of rotatable bonds is 4. The Balaban J connectivity index is 2.66. The molecule has 0 saturated carbocycles. The standard InChI is InChI=1S/C16H18F2N3O3/c1-10(2)9-21-15(22)11(12(24-3)13(17)18)14(19-16(21)23)20-7-5-4-6-8-20/h4-8,10,13H,9H2,1-3H3/q+1/b12-11+. The molecule has 128 valence electrons. The Kier molecular flexibility index (Phi) is 5.38. The quantitative estimate of drug-likeness (QED) is 0.479. The number of hydrogen-bond donors (Lipinski definition) is 0. The molecule has 1 aromatic heterocycles. The van der Waals surface area contributed by atoms with Crippen molar-refractivity contribution in [2.45, 2.75) is 20.3 Å². The number of hydrogen-bond acceptors (Lipinski definition) is 3. The number of alkyl halides is 2. The SMILES string of the molecule is CO/C(=C1/C(=O)N(CC(C)C)C(=O)N=C1[n+]1ccccc1)C(F)F. The molecule has 3 amide bonds. The van der Waals surface area contributed by atoms with E-state index in [1.54, 1.807) is 32.0 Å². The van der Waals surface area contributed by atoms with E-state index < -0.39 is 29.7 Å². The summed E-state index contributed by atoms with van der Waals surface area (Å²) in [6.45, 7) is 3.69. The smallest absolute Gasteiger partial charge is 0.460 e. The van der Waals surface area contributed by atoms with Crippen LogP contribution in [0.1, 0.15) is 13.8 Å². The number of halogens is 2. The zero-order valence-electron chi connectivity index (χ0n) is 13.6. The molecule has 1 aliphatic rings. The Bertz CT molecular complexity index is 700. The summed E-state index contributed by atoms with van der Waals surface area (Å²) in [4.78, 5) is 29.6. The van der Waals surface area contributed by atoms with Crippen molar-refractivity contribution in [2.24, 2.45) is 10.9 Å². The average molecular weight is 338 g/mol. The highest BCUT2D eigenvalue weighted by Crippen LogP contribution is 2.22. The number of pyridine rings is 1. The number of imide groups is 1. The lowest BCUT2D eigenvalue weighted by atomic mass is 10.1. The van der Waals surface area contributed by atoms with E-state index in [2.05, 4.69) is 4.99 Å². The van der Waals surface area contributed by atoms with E-state index in [0.717, 1.165) is 12.0 Å². The lowest BCUT2D eigenvalue weighted by molar-refractivity contribution is -0.554. The minimum Gasteiger partial charge on any atom is -0.494 e. The van der Waals surface area contributed by atoms with Gasteiger partial charge < -0.3 is 4.74 Å². The summed E-state index contributed by atoms with van der Waals surface area (Å²) in [6, 6.07) is 4.19. The van der Waals surface area contributed by atoms with E-state index in [1.807, 2.05) is 0 Å². The van der Waals surface area contributed by atoms with E-state index in [-0.39, 0.29) is 18.3 Å². The second-order valence-electron chi connectivity index (χ2n) is 5.55. The minimum absolute atomic E-state index is 0.0298. The number of methoxy groups -OCH3 is 1. The van der Waals surface area contributed by atoms with Gasteiger partial charge in [-0.15, -0.1) is 0 Å². The monoisotopic (exact) mass is 338 g/mol. The summed E-state index contributed by atoms with van der Waals surface area (Å²) < 4.78 is 32.7. The number of ether oxygens (including phenoxy) is 1. The number of allylic oxidation sites excluding steroid dienone is 1. The molecule has 0 saturated heterocycles. The van der Waals surface area contributed by atoms with Crippen LogP contribution in [0.2, 0.25) is 0 Å². The molecule has 0 spiro atoms. The van der Waals surface area contributed by atoms with Crippen molar-refractivity contribution in [1.82, 2.24) is 4.90 Å². The van der Waals surface area contributed by atoms with Gasteiger partial charge in [0.2, 0.25) is 0 Å². The Labute approximate surface area is 138 Å². The van der Waals surface area contributed by atoms with Crippen LogP contribution in [0, 0.1) is 5.92 Å². The van der Waals surface area contributed by atoms with Crippen LogP contribution in [-0.2, 0) is 9.53 Å². The predicted molar refractivity (Wildman–Crippen MR) is 81.5 cm³/mol. The summed E-state index contributed by atoms with van der Waals surface area (Å²) in [5.41, 5.74) is -0.413. The van der Waals surface area contributed by atoms with E-state index in [1.165, 1.54) is 17.0 Å². The van der Waals surface area contributed by atoms with Crippen LogP contribution in [0.3, 0.4) is 0 Å². The normalized spacial score (nSPS) is 17.5. The van der Waals surface area contributed by atoms with Gasteiger partial charge in [-0.1, -0.05) is 19.9 Å². The third-order valence-electron chi connectivity index (χ3n) is 3.29. The molecular weight excluding hydrogens is 320 g/mol. The topological polar surface area (TPSA) is 62.9 Å². The minimum atomic E-state index is -3.02. The summed E-state index contributed by atoms with van der Waals surface area (Å²) in [5.74, 6) is -1.86. The lowest BCUT2D eigenvalue weighted by Crippen LogP contribution is -2.54. The number of urea groups is 1. The van der Waals surface area contributed by atoms with Crippen LogP contribution in [0.25, 0.3) is 0 Å². The van der Waals surface area contributed by atoms with Crippen molar-refractivity contribution >= 4 is 17.8 Å². The Morgan fingerprint density at radius 2 is 1.88 bits per heavy atom. The molecule has 1 aliphatic heterocycles. The molecule has 8 heteroatoms. The zero-order chi connectivity index (χ0) is 17.9. The fourth-order valence-electron chi connectivity index (χ4n) is 2.29. The van der Waals surface area contributed by atoms with Crippen molar-refractivity contribution in [3.05, 3.63) is 41.9 Å². The van der Waals surface area contributed by atoms with Crippen LogP contribution >= 0.6 is 0 Å². The maximum Gasteiger partial charge on any atom is 0.460 e. The van der Waals surface area contributed by atoms with Crippen molar-refractivity contribution in [2.75, 3.05) is 13.7 Å². The van der Waals surface area contributed by atoms with Gasteiger partial charge in [0.05, 0.1) is 19.5 Å². The van der Waals surface area contributed by atoms with Gasteiger partial charge >= 0.3 is 11.9 Å². The molecule has 0 radical (unpaired) electrons. The van der Waals surface area contributed by atoms with Gasteiger partial charge in [0, 0.05) is 11.5 Å². The van der Waals surface area contributed by atoms with E-state index in [4.69, 9.17) is 4.74 Å². The summed E-state index contributed by atoms with van der Waals surface area (Å²) >= 11 is 0. The Hall–Kier alpha value is -2.64. The fourth-order valence-corrected chi connectivity index (χ4v) is 2.29. The third kappa shape index (κ3) is 3.47. The van der Waals surface area contributed by atoms with Crippen molar-refractivity contribution in [1.29, 1.82) is 0 Å². The number of aliphatic imine (C=N–C) groups is 1. The predicted octanol–water partition coefficient (Wildman–Crippen LogP) is 2.00. The molecule has 2 rings (SSSR count). The van der Waals surface area contributed by atoms with Gasteiger partial charge in [0.25, 0.3) is 12.3 Å². The van der Waals surface area contributed by atoms with Crippen LogP contribution < -0.4 is 4.57 Å². The number of aromatic nitrogens is 1. The number of nitrogens with zero attached hydrogens (tertiary/aromatic N) is 3. The highest BCUT2D eigenvalue weighted by molar-refractivity contribution is 6.26. The maximum atomic E-state index is 13.3. The van der Waals surface area contributed by atoms with E-state index in [9.17, 15) is 18.4 Å². The lowest BCUT2D eigenvalue weighted by Gasteiger charge is -2.23. The second kappa shape index (κ2) is 7.29. The highest BCUT2D eigenvalue weighted by atomic mass is 19.3. The molecule has 2 heterocycles. The summed E-state index contributed by atoms with van der Waals surface area (Å²) in [5, 5.41) is 0. The first-order valence-corrected chi connectivity index (χ1v) is 7.34. The van der Waals surface area contributed by atoms with Crippen molar-refractivity contribution < 1.29 is 27.7 Å². The van der Waals surface area contributed by atoms with Gasteiger partial charge in [-0.25, -0.2) is 23.0 Å². The molecule has 0 atom stereocenters. The van der Waals surface area contributed by atoms with Crippen LogP contribution in [0.5, 0.6) is 0 Å². The molecule has 0 aromatic carbocycles. The van der Waals surface area contributed by atoms with Gasteiger partial charge in [0.15, 0.2) is 11.3 Å². The first kappa shape index (κ1) is 17.7. The number of carbonyl (C=O) groups is 2. The third-order valence-corrected chi connectivity index (χ3v) is 3.29. The highest BCUT2D eigenvalue weighted by Gasteiger charge is 2.44. The maximum absolute atomic E-state index is 13.3. The Morgan fingerprint density at radius 3 is 2.38 bits per heavy atom. The van der Waals surface area contributed by atoms with Gasteiger partial charge in [-0.3, -0.25) is 4.79 Å². The molecule has 0 fully saturated rings. The molecular formula is C16H18F2N3O3+. The zero-order valence-corrected chi connectivity index (χ0v) is 13.6.